The molecule has 1 aliphatic rings. The van der Waals surface area contributed by atoms with E-state index in [0.29, 0.717) is 17.9 Å². The van der Waals surface area contributed by atoms with Gasteiger partial charge in [-0.2, -0.15) is 0 Å². The van der Waals surface area contributed by atoms with E-state index in [-0.39, 0.29) is 0 Å². The summed E-state index contributed by atoms with van der Waals surface area (Å²) in [6, 6.07) is 0. The summed E-state index contributed by atoms with van der Waals surface area (Å²) in [6.07, 6.45) is 5.16. The zero-order valence-corrected chi connectivity index (χ0v) is 9.67. The summed E-state index contributed by atoms with van der Waals surface area (Å²) in [5.41, 5.74) is 0.886. The quantitative estimate of drug-likeness (QED) is 0.729. The first-order valence-corrected chi connectivity index (χ1v) is 5.95. The minimum Gasteiger partial charge on any atom is -0.448 e. The number of rotatable bonds is 5. The second-order valence-corrected chi connectivity index (χ2v) is 4.24. The molecule has 0 aliphatic heterocycles. The number of hydrogen-bond acceptors (Lipinski definition) is 3. The Balaban J connectivity index is 1.79. The lowest BCUT2D eigenvalue weighted by molar-refractivity contribution is -0.0252. The molecule has 0 aromatic carbocycles. The van der Waals surface area contributed by atoms with Crippen molar-refractivity contribution in [2.24, 2.45) is 5.92 Å². The van der Waals surface area contributed by atoms with Crippen molar-refractivity contribution in [2.45, 2.75) is 38.2 Å². The lowest BCUT2D eigenvalue weighted by atomic mass is 9.79. The molecule has 0 N–H and O–H groups in total. The fourth-order valence-electron chi connectivity index (χ4n) is 2.04. The highest BCUT2D eigenvalue weighted by molar-refractivity contribution is 6.16. The van der Waals surface area contributed by atoms with E-state index < -0.39 is 0 Å². The predicted molar refractivity (Wildman–Crippen MR) is 57.9 cm³/mol. The van der Waals surface area contributed by atoms with Crippen molar-refractivity contribution in [3.8, 4) is 0 Å². The second-order valence-electron chi connectivity index (χ2n) is 3.97. The zero-order chi connectivity index (χ0) is 10.7. The van der Waals surface area contributed by atoms with Crippen LogP contribution < -0.4 is 0 Å². The Morgan fingerprint density at radius 2 is 2.40 bits per heavy atom. The number of alkyl halides is 1. The molecule has 0 unspecified atom stereocenters. The van der Waals surface area contributed by atoms with Gasteiger partial charge in [-0.15, -0.1) is 11.6 Å². The van der Waals surface area contributed by atoms with Crippen molar-refractivity contribution in [3.05, 3.63) is 17.8 Å². The van der Waals surface area contributed by atoms with Crippen LogP contribution in [0.3, 0.4) is 0 Å². The van der Waals surface area contributed by atoms with E-state index >= 15 is 0 Å². The normalized spacial score (nSPS) is 25.2. The third kappa shape index (κ3) is 2.52. The van der Waals surface area contributed by atoms with Gasteiger partial charge in [-0.25, -0.2) is 4.98 Å². The van der Waals surface area contributed by atoms with E-state index in [4.69, 9.17) is 20.8 Å². The predicted octanol–water partition coefficient (Wildman–Crippen LogP) is 2.77. The Hall–Kier alpha value is -0.540. The second kappa shape index (κ2) is 4.99. The largest absolute Gasteiger partial charge is 0.448 e. The third-order valence-corrected chi connectivity index (χ3v) is 3.17. The maximum atomic E-state index is 5.75. The molecule has 1 saturated carbocycles. The van der Waals surface area contributed by atoms with Crippen LogP contribution in [0.1, 0.15) is 31.2 Å². The highest BCUT2D eigenvalue weighted by atomic mass is 35.5. The van der Waals surface area contributed by atoms with Crippen LogP contribution in [0.25, 0.3) is 0 Å². The van der Waals surface area contributed by atoms with Gasteiger partial charge in [0.05, 0.1) is 17.7 Å². The molecule has 0 spiro atoms. The summed E-state index contributed by atoms with van der Waals surface area (Å²) in [7, 11) is 0. The molecule has 0 bridgehead atoms. The van der Waals surface area contributed by atoms with E-state index in [1.807, 2.05) is 6.92 Å². The van der Waals surface area contributed by atoms with Crippen LogP contribution in [0.4, 0.5) is 0 Å². The summed E-state index contributed by atoms with van der Waals surface area (Å²) in [5, 5.41) is 0. The van der Waals surface area contributed by atoms with Gasteiger partial charge in [0.1, 0.15) is 5.76 Å². The fourth-order valence-corrected chi connectivity index (χ4v) is 2.26. The van der Waals surface area contributed by atoms with Crippen LogP contribution >= 0.6 is 11.6 Å². The number of hydrogen-bond donors (Lipinski definition) is 0. The monoisotopic (exact) mass is 229 g/mol. The number of aromatic nitrogens is 1. The molecular formula is C11H16ClNO2. The van der Waals surface area contributed by atoms with Crippen molar-refractivity contribution < 1.29 is 9.15 Å². The van der Waals surface area contributed by atoms with Gasteiger partial charge in [-0.05, 0) is 25.7 Å². The van der Waals surface area contributed by atoms with E-state index in [0.717, 1.165) is 37.3 Å². The number of oxazole rings is 1. The molecule has 2 rings (SSSR count). The molecular weight excluding hydrogens is 214 g/mol. The summed E-state index contributed by atoms with van der Waals surface area (Å²) in [6.45, 7) is 2.85. The zero-order valence-electron chi connectivity index (χ0n) is 8.91. The van der Waals surface area contributed by atoms with Gasteiger partial charge >= 0.3 is 0 Å². The molecule has 1 aromatic rings. The first kappa shape index (κ1) is 11.0. The third-order valence-electron chi connectivity index (χ3n) is 2.92. The Morgan fingerprint density at radius 3 is 3.07 bits per heavy atom. The van der Waals surface area contributed by atoms with E-state index in [9.17, 15) is 0 Å². The lowest BCUT2D eigenvalue weighted by Gasteiger charge is -2.34. The first-order chi connectivity index (χ1) is 7.33. The first-order valence-electron chi connectivity index (χ1n) is 5.42. The maximum Gasteiger partial charge on any atom is 0.181 e. The van der Waals surface area contributed by atoms with Crippen molar-refractivity contribution in [3.63, 3.8) is 0 Å². The molecule has 1 fully saturated rings. The highest BCUT2D eigenvalue weighted by Gasteiger charge is 2.30. The molecule has 1 aromatic heterocycles. The van der Waals surface area contributed by atoms with Crippen molar-refractivity contribution in [2.75, 3.05) is 6.61 Å². The topological polar surface area (TPSA) is 35.3 Å². The van der Waals surface area contributed by atoms with Crippen LogP contribution in [0.15, 0.2) is 10.8 Å². The van der Waals surface area contributed by atoms with E-state index in [1.54, 1.807) is 0 Å². The fraction of sp³-hybridized carbons (Fsp3) is 0.727. The standard InChI is InChI=1S/C11H16ClNO2/c1-2-14-9-3-8(4-9)5-11-10(6-12)13-7-15-11/h7-9H,2-6H2,1H3. The number of nitrogens with zero attached hydrogens (tertiary/aromatic N) is 1. The van der Waals surface area contributed by atoms with Gasteiger partial charge in [-0.1, -0.05) is 0 Å². The maximum absolute atomic E-state index is 5.75. The average Bonchev–Trinajstić information content (AvgIpc) is 2.62. The van der Waals surface area contributed by atoms with Crippen LogP contribution in [-0.4, -0.2) is 17.7 Å². The molecule has 84 valence electrons. The molecule has 4 heteroatoms. The van der Waals surface area contributed by atoms with Crippen LogP contribution in [0, 0.1) is 5.92 Å². The van der Waals surface area contributed by atoms with E-state index in [2.05, 4.69) is 4.98 Å². The molecule has 3 nitrogen and oxygen atoms in total. The minimum absolute atomic E-state index is 0.438. The molecule has 0 atom stereocenters. The molecule has 1 heterocycles. The Labute approximate surface area is 94.8 Å². The van der Waals surface area contributed by atoms with Crippen molar-refractivity contribution in [1.29, 1.82) is 0 Å². The Bertz CT molecular complexity index is 307. The van der Waals surface area contributed by atoms with Crippen LogP contribution in [0.5, 0.6) is 0 Å². The van der Waals surface area contributed by atoms with Crippen LogP contribution in [0.2, 0.25) is 0 Å². The minimum atomic E-state index is 0.438. The van der Waals surface area contributed by atoms with Gasteiger partial charge in [-0.3, -0.25) is 0 Å². The summed E-state index contributed by atoms with van der Waals surface area (Å²) >= 11 is 5.75. The van der Waals surface area contributed by atoms with E-state index in [1.165, 1.54) is 6.39 Å². The lowest BCUT2D eigenvalue weighted by Crippen LogP contribution is -2.32. The van der Waals surface area contributed by atoms with Crippen LogP contribution in [-0.2, 0) is 17.0 Å². The van der Waals surface area contributed by atoms with Crippen molar-refractivity contribution in [1.82, 2.24) is 4.98 Å². The van der Waals surface area contributed by atoms with Crippen molar-refractivity contribution >= 4 is 11.6 Å². The number of halogens is 1. The molecule has 0 saturated heterocycles. The molecule has 15 heavy (non-hydrogen) atoms. The van der Waals surface area contributed by atoms with Gasteiger partial charge in [0.25, 0.3) is 0 Å². The van der Waals surface area contributed by atoms with Gasteiger partial charge < -0.3 is 9.15 Å². The van der Waals surface area contributed by atoms with Gasteiger partial charge in [0.15, 0.2) is 6.39 Å². The number of ether oxygens (including phenoxy) is 1. The smallest absolute Gasteiger partial charge is 0.181 e. The summed E-state index contributed by atoms with van der Waals surface area (Å²) in [5.74, 6) is 2.06. The average molecular weight is 230 g/mol. The molecule has 0 radical (unpaired) electrons. The molecule has 1 aliphatic carbocycles. The summed E-state index contributed by atoms with van der Waals surface area (Å²) in [4.78, 5) is 4.07. The molecule has 0 amide bonds. The van der Waals surface area contributed by atoms with Gasteiger partial charge in [0.2, 0.25) is 0 Å². The SMILES string of the molecule is CCOC1CC(Cc2ocnc2CCl)C1. The van der Waals surface area contributed by atoms with Gasteiger partial charge in [0, 0.05) is 13.0 Å². The Kier molecular flexibility index (Phi) is 3.65. The Morgan fingerprint density at radius 1 is 1.60 bits per heavy atom. The highest BCUT2D eigenvalue weighted by Crippen LogP contribution is 2.33. The summed E-state index contributed by atoms with van der Waals surface area (Å²) < 4.78 is 10.8.